The van der Waals surface area contributed by atoms with Crippen molar-refractivity contribution in [3.63, 3.8) is 0 Å². The normalized spacial score (nSPS) is 12.3. The van der Waals surface area contributed by atoms with Crippen LogP contribution in [0.3, 0.4) is 0 Å². The second-order valence-electron chi connectivity index (χ2n) is 5.03. The van der Waals surface area contributed by atoms with Crippen molar-refractivity contribution in [1.82, 2.24) is 10.3 Å². The van der Waals surface area contributed by atoms with Gasteiger partial charge in [0.05, 0.1) is 6.04 Å². The van der Waals surface area contributed by atoms with Gasteiger partial charge in [-0.2, -0.15) is 0 Å². The number of nitrogens with one attached hydrogen (secondary N) is 2. The zero-order chi connectivity index (χ0) is 14.8. The smallest absolute Gasteiger partial charge is 0.251 e. The van der Waals surface area contributed by atoms with Crippen molar-refractivity contribution < 1.29 is 4.79 Å². The minimum absolute atomic E-state index is 0.0921. The first-order valence-corrected chi connectivity index (χ1v) is 7.15. The van der Waals surface area contributed by atoms with Crippen molar-refractivity contribution in [1.29, 1.82) is 0 Å². The molecule has 0 aliphatic carbocycles. The predicted octanol–water partition coefficient (Wildman–Crippen LogP) is 4.31. The lowest BCUT2D eigenvalue weighted by atomic mass is 10.1. The summed E-state index contributed by atoms with van der Waals surface area (Å²) in [6, 6.07) is 15.0. The van der Waals surface area contributed by atoms with E-state index in [4.69, 9.17) is 11.6 Å². The van der Waals surface area contributed by atoms with Gasteiger partial charge in [-0.15, -0.1) is 0 Å². The summed E-state index contributed by atoms with van der Waals surface area (Å²) in [5, 5.41) is 4.68. The molecule has 2 aromatic carbocycles. The van der Waals surface area contributed by atoms with Gasteiger partial charge in [-0.1, -0.05) is 23.7 Å². The highest BCUT2D eigenvalue weighted by molar-refractivity contribution is 6.30. The molecule has 1 heterocycles. The summed E-state index contributed by atoms with van der Waals surface area (Å²) in [7, 11) is 0. The topological polar surface area (TPSA) is 44.9 Å². The van der Waals surface area contributed by atoms with Crippen molar-refractivity contribution in [2.24, 2.45) is 0 Å². The van der Waals surface area contributed by atoms with Crippen LogP contribution in [-0.2, 0) is 0 Å². The third-order valence-electron chi connectivity index (χ3n) is 3.51. The standard InChI is InChI=1S/C17H15ClN2O/c1-11(12-3-2-4-15(18)10-12)20-17(21)14-5-6-16-13(9-14)7-8-19-16/h2-11,19H,1H3,(H,20,21). The van der Waals surface area contributed by atoms with Crippen LogP contribution in [0, 0.1) is 0 Å². The van der Waals surface area contributed by atoms with Gasteiger partial charge < -0.3 is 10.3 Å². The number of aromatic amines is 1. The van der Waals surface area contributed by atoms with E-state index in [1.807, 2.05) is 61.7 Å². The second-order valence-corrected chi connectivity index (χ2v) is 5.47. The van der Waals surface area contributed by atoms with E-state index in [-0.39, 0.29) is 11.9 Å². The van der Waals surface area contributed by atoms with Crippen LogP contribution < -0.4 is 5.32 Å². The first-order chi connectivity index (χ1) is 10.1. The minimum Gasteiger partial charge on any atom is -0.361 e. The molecule has 21 heavy (non-hydrogen) atoms. The zero-order valence-corrected chi connectivity index (χ0v) is 12.3. The molecular formula is C17H15ClN2O. The Morgan fingerprint density at radius 1 is 1.19 bits per heavy atom. The maximum Gasteiger partial charge on any atom is 0.251 e. The SMILES string of the molecule is CC(NC(=O)c1ccc2[nH]ccc2c1)c1cccc(Cl)c1. The van der Waals surface area contributed by atoms with Gasteiger partial charge in [-0.25, -0.2) is 0 Å². The number of aromatic nitrogens is 1. The van der Waals surface area contributed by atoms with Crippen molar-refractivity contribution >= 4 is 28.4 Å². The lowest BCUT2D eigenvalue weighted by molar-refractivity contribution is 0.0940. The van der Waals surface area contributed by atoms with Gasteiger partial charge in [0.2, 0.25) is 0 Å². The van der Waals surface area contributed by atoms with Crippen LogP contribution >= 0.6 is 11.6 Å². The number of carbonyl (C=O) groups excluding carboxylic acids is 1. The van der Waals surface area contributed by atoms with Crippen LogP contribution in [0.5, 0.6) is 0 Å². The Balaban J connectivity index is 1.79. The van der Waals surface area contributed by atoms with E-state index < -0.39 is 0 Å². The monoisotopic (exact) mass is 298 g/mol. The Bertz CT molecular complexity index is 794. The van der Waals surface area contributed by atoms with Gasteiger partial charge in [0.25, 0.3) is 5.91 Å². The third-order valence-corrected chi connectivity index (χ3v) is 3.75. The molecule has 0 saturated carbocycles. The summed E-state index contributed by atoms with van der Waals surface area (Å²) in [6.07, 6.45) is 1.86. The molecule has 3 rings (SSSR count). The molecule has 0 bridgehead atoms. The van der Waals surface area contributed by atoms with Gasteiger partial charge in [0.15, 0.2) is 0 Å². The number of hydrogen-bond donors (Lipinski definition) is 2. The molecule has 2 N–H and O–H groups in total. The summed E-state index contributed by atoms with van der Waals surface area (Å²) in [5.74, 6) is -0.0921. The van der Waals surface area contributed by atoms with Crippen LogP contribution in [-0.4, -0.2) is 10.9 Å². The number of hydrogen-bond acceptors (Lipinski definition) is 1. The first-order valence-electron chi connectivity index (χ1n) is 6.77. The molecule has 0 aliphatic rings. The molecule has 0 saturated heterocycles. The molecule has 0 radical (unpaired) electrons. The molecule has 4 heteroatoms. The fourth-order valence-electron chi connectivity index (χ4n) is 2.33. The van der Waals surface area contributed by atoms with E-state index in [2.05, 4.69) is 10.3 Å². The Morgan fingerprint density at radius 3 is 2.86 bits per heavy atom. The van der Waals surface area contributed by atoms with Crippen molar-refractivity contribution in [3.05, 3.63) is 70.9 Å². The molecule has 0 fully saturated rings. The van der Waals surface area contributed by atoms with Gasteiger partial charge in [0, 0.05) is 27.7 Å². The number of benzene rings is 2. The quantitative estimate of drug-likeness (QED) is 0.743. The predicted molar refractivity (Wildman–Crippen MR) is 85.6 cm³/mol. The Hall–Kier alpha value is -2.26. The van der Waals surface area contributed by atoms with Crippen LogP contribution in [0.15, 0.2) is 54.7 Å². The maximum absolute atomic E-state index is 12.3. The van der Waals surface area contributed by atoms with Crippen molar-refractivity contribution in [3.8, 4) is 0 Å². The zero-order valence-electron chi connectivity index (χ0n) is 11.6. The van der Waals surface area contributed by atoms with E-state index in [0.29, 0.717) is 10.6 Å². The molecule has 3 aromatic rings. The van der Waals surface area contributed by atoms with E-state index in [1.54, 1.807) is 0 Å². The average molecular weight is 299 g/mol. The Kier molecular flexibility index (Phi) is 3.67. The summed E-state index contributed by atoms with van der Waals surface area (Å²) >= 11 is 5.98. The minimum atomic E-state index is -0.0990. The highest BCUT2D eigenvalue weighted by Gasteiger charge is 2.12. The van der Waals surface area contributed by atoms with Crippen LogP contribution in [0.4, 0.5) is 0 Å². The molecule has 0 spiro atoms. The third kappa shape index (κ3) is 2.93. The fourth-order valence-corrected chi connectivity index (χ4v) is 2.53. The van der Waals surface area contributed by atoms with E-state index in [1.165, 1.54) is 0 Å². The molecular weight excluding hydrogens is 284 g/mol. The van der Waals surface area contributed by atoms with Crippen molar-refractivity contribution in [2.75, 3.05) is 0 Å². The van der Waals surface area contributed by atoms with Gasteiger partial charge in [-0.05, 0) is 48.9 Å². The van der Waals surface area contributed by atoms with E-state index >= 15 is 0 Å². The molecule has 1 aromatic heterocycles. The van der Waals surface area contributed by atoms with Crippen LogP contribution in [0.2, 0.25) is 5.02 Å². The van der Waals surface area contributed by atoms with Gasteiger partial charge >= 0.3 is 0 Å². The molecule has 106 valence electrons. The first kappa shape index (κ1) is 13.7. The lowest BCUT2D eigenvalue weighted by Gasteiger charge is -2.14. The number of H-pyrrole nitrogens is 1. The van der Waals surface area contributed by atoms with Gasteiger partial charge in [-0.3, -0.25) is 4.79 Å². The number of carbonyl (C=O) groups is 1. The highest BCUT2D eigenvalue weighted by atomic mass is 35.5. The number of amides is 1. The Morgan fingerprint density at radius 2 is 2.05 bits per heavy atom. The Labute approximate surface area is 127 Å². The highest BCUT2D eigenvalue weighted by Crippen LogP contribution is 2.19. The molecule has 1 atom stereocenters. The average Bonchev–Trinajstić information content (AvgIpc) is 2.94. The fraction of sp³-hybridized carbons (Fsp3) is 0.118. The second kappa shape index (κ2) is 5.62. The number of halogens is 1. The van der Waals surface area contributed by atoms with Gasteiger partial charge in [0.1, 0.15) is 0 Å². The lowest BCUT2D eigenvalue weighted by Crippen LogP contribution is -2.26. The van der Waals surface area contributed by atoms with Crippen molar-refractivity contribution in [2.45, 2.75) is 13.0 Å². The van der Waals surface area contributed by atoms with E-state index in [9.17, 15) is 4.79 Å². The molecule has 1 amide bonds. The molecule has 3 nitrogen and oxygen atoms in total. The molecule has 0 aliphatic heterocycles. The number of fused-ring (bicyclic) bond motifs is 1. The molecule has 1 unspecified atom stereocenters. The summed E-state index contributed by atoms with van der Waals surface area (Å²) in [5.41, 5.74) is 2.66. The van der Waals surface area contributed by atoms with E-state index in [0.717, 1.165) is 16.5 Å². The summed E-state index contributed by atoms with van der Waals surface area (Å²) < 4.78 is 0. The number of rotatable bonds is 3. The van der Waals surface area contributed by atoms with Crippen LogP contribution in [0.1, 0.15) is 28.9 Å². The summed E-state index contributed by atoms with van der Waals surface area (Å²) in [6.45, 7) is 1.94. The van der Waals surface area contributed by atoms with Crippen LogP contribution in [0.25, 0.3) is 10.9 Å². The largest absolute Gasteiger partial charge is 0.361 e. The maximum atomic E-state index is 12.3. The summed E-state index contributed by atoms with van der Waals surface area (Å²) in [4.78, 5) is 15.4.